The van der Waals surface area contributed by atoms with E-state index in [1.807, 2.05) is 6.07 Å². The van der Waals surface area contributed by atoms with Gasteiger partial charge < -0.3 is 5.11 Å². The number of hydrogen-bond acceptors (Lipinski definition) is 4. The van der Waals surface area contributed by atoms with Crippen LogP contribution in [0.5, 0.6) is 0 Å². The van der Waals surface area contributed by atoms with Gasteiger partial charge in [0.1, 0.15) is 11.3 Å². The lowest BCUT2D eigenvalue weighted by atomic mass is 9.63. The van der Waals surface area contributed by atoms with Crippen molar-refractivity contribution in [3.63, 3.8) is 0 Å². The third-order valence-electron chi connectivity index (χ3n) is 4.25. The molecule has 1 aliphatic rings. The van der Waals surface area contributed by atoms with E-state index in [9.17, 15) is 19.5 Å². The predicted molar refractivity (Wildman–Crippen MR) is 82.4 cm³/mol. The molecule has 0 radical (unpaired) electrons. The van der Waals surface area contributed by atoms with Crippen LogP contribution in [0.2, 0.25) is 0 Å². The molecule has 0 spiro atoms. The fourth-order valence-electron chi connectivity index (χ4n) is 2.85. The Labute approximate surface area is 129 Å². The van der Waals surface area contributed by atoms with Crippen molar-refractivity contribution in [3.05, 3.63) is 47.2 Å². The molecule has 0 saturated carbocycles. The van der Waals surface area contributed by atoms with Gasteiger partial charge in [0.2, 0.25) is 0 Å². The maximum absolute atomic E-state index is 12.5. The standard InChI is InChI=1S/C18H20O4/c1-17(2)14(20)13(15(21)18(3,4)16(17)22)12(19)10-11-8-6-5-7-9-11/h5-9,20H,10H2,1-4H3. The molecule has 22 heavy (non-hydrogen) atoms. The Hall–Kier alpha value is -2.23. The number of carbonyl (C=O) groups is 3. The average molecular weight is 300 g/mol. The Balaban J connectivity index is 2.48. The molecule has 0 bridgehead atoms. The Morgan fingerprint density at radius 3 is 2.09 bits per heavy atom. The van der Waals surface area contributed by atoms with Crippen LogP contribution < -0.4 is 0 Å². The Morgan fingerprint density at radius 1 is 1.00 bits per heavy atom. The molecule has 0 saturated heterocycles. The second kappa shape index (κ2) is 5.20. The Kier molecular flexibility index (Phi) is 3.81. The quantitative estimate of drug-likeness (QED) is 0.688. The summed E-state index contributed by atoms with van der Waals surface area (Å²) in [5, 5.41) is 10.3. The van der Waals surface area contributed by atoms with Gasteiger partial charge in [0.25, 0.3) is 0 Å². The normalized spacial score (nSPS) is 20.2. The van der Waals surface area contributed by atoms with Crippen LogP contribution in [0.15, 0.2) is 41.7 Å². The van der Waals surface area contributed by atoms with E-state index >= 15 is 0 Å². The zero-order valence-corrected chi connectivity index (χ0v) is 13.3. The fraction of sp³-hybridized carbons (Fsp3) is 0.389. The lowest BCUT2D eigenvalue weighted by Gasteiger charge is -2.37. The lowest BCUT2D eigenvalue weighted by Crippen LogP contribution is -2.50. The van der Waals surface area contributed by atoms with Crippen molar-refractivity contribution >= 4 is 17.3 Å². The molecule has 0 aliphatic heterocycles. The van der Waals surface area contributed by atoms with Crippen LogP contribution in [0, 0.1) is 10.8 Å². The van der Waals surface area contributed by atoms with Crippen molar-refractivity contribution in [2.75, 3.05) is 0 Å². The summed E-state index contributed by atoms with van der Waals surface area (Å²) in [6.45, 7) is 6.08. The van der Waals surface area contributed by atoms with Crippen LogP contribution in [0.3, 0.4) is 0 Å². The van der Waals surface area contributed by atoms with E-state index in [0.29, 0.717) is 0 Å². The molecule has 0 atom stereocenters. The topological polar surface area (TPSA) is 71.4 Å². The molecule has 4 nitrogen and oxygen atoms in total. The van der Waals surface area contributed by atoms with Gasteiger partial charge in [-0.05, 0) is 33.3 Å². The summed E-state index contributed by atoms with van der Waals surface area (Å²) in [6.07, 6.45) is 0.0202. The summed E-state index contributed by atoms with van der Waals surface area (Å²) in [7, 11) is 0. The molecule has 0 amide bonds. The first kappa shape index (κ1) is 16.1. The van der Waals surface area contributed by atoms with E-state index in [1.54, 1.807) is 24.3 Å². The highest BCUT2D eigenvalue weighted by molar-refractivity contribution is 6.30. The molecular formula is C18H20O4. The molecule has 0 aromatic heterocycles. The van der Waals surface area contributed by atoms with E-state index < -0.39 is 28.2 Å². The highest BCUT2D eigenvalue weighted by Crippen LogP contribution is 2.43. The number of carbonyl (C=O) groups excluding carboxylic acids is 3. The fourth-order valence-corrected chi connectivity index (χ4v) is 2.85. The predicted octanol–water partition coefficient (Wildman–Crippen LogP) is 2.81. The highest BCUT2D eigenvalue weighted by Gasteiger charge is 2.54. The summed E-state index contributed by atoms with van der Waals surface area (Å²) >= 11 is 0. The molecule has 0 unspecified atom stereocenters. The first-order valence-electron chi connectivity index (χ1n) is 7.20. The molecule has 1 N–H and O–H groups in total. The summed E-state index contributed by atoms with van der Waals surface area (Å²) in [4.78, 5) is 37.4. The van der Waals surface area contributed by atoms with Crippen LogP contribution >= 0.6 is 0 Å². The number of hydrogen-bond donors (Lipinski definition) is 1. The maximum Gasteiger partial charge on any atom is 0.182 e. The highest BCUT2D eigenvalue weighted by atomic mass is 16.3. The second-order valence-corrected chi connectivity index (χ2v) is 6.72. The van der Waals surface area contributed by atoms with Crippen molar-refractivity contribution in [1.82, 2.24) is 0 Å². The first-order chi connectivity index (χ1) is 10.1. The third-order valence-corrected chi connectivity index (χ3v) is 4.25. The van der Waals surface area contributed by atoms with Crippen LogP contribution in [0.25, 0.3) is 0 Å². The zero-order chi connectivity index (χ0) is 16.7. The van der Waals surface area contributed by atoms with Gasteiger partial charge in [-0.15, -0.1) is 0 Å². The van der Waals surface area contributed by atoms with Crippen molar-refractivity contribution < 1.29 is 19.5 Å². The molecule has 0 heterocycles. The SMILES string of the molecule is CC1(C)C(=O)C(C(=O)Cc2ccccc2)=C(O)C(C)(C)C1=O. The van der Waals surface area contributed by atoms with Gasteiger partial charge >= 0.3 is 0 Å². The summed E-state index contributed by atoms with van der Waals surface area (Å²) in [5.41, 5.74) is -2.03. The van der Waals surface area contributed by atoms with Gasteiger partial charge in [-0.2, -0.15) is 0 Å². The minimum atomic E-state index is -1.31. The number of ketones is 3. The number of allylic oxidation sites excluding steroid dienone is 2. The first-order valence-corrected chi connectivity index (χ1v) is 7.20. The summed E-state index contributed by atoms with van der Waals surface area (Å²) < 4.78 is 0. The second-order valence-electron chi connectivity index (χ2n) is 6.72. The van der Waals surface area contributed by atoms with Crippen LogP contribution in [-0.2, 0) is 20.8 Å². The average Bonchev–Trinajstić information content (AvgIpc) is 2.46. The van der Waals surface area contributed by atoms with E-state index in [1.165, 1.54) is 27.7 Å². The number of aliphatic hydroxyl groups is 1. The summed E-state index contributed by atoms with van der Waals surface area (Å²) in [6, 6.07) is 9.00. The number of Topliss-reactive ketones (excluding diaryl/α,β-unsaturated/α-hetero) is 3. The lowest BCUT2D eigenvalue weighted by molar-refractivity contribution is -0.145. The van der Waals surface area contributed by atoms with Crippen molar-refractivity contribution in [1.29, 1.82) is 0 Å². The van der Waals surface area contributed by atoms with E-state index in [4.69, 9.17) is 0 Å². The van der Waals surface area contributed by atoms with Crippen molar-refractivity contribution in [3.8, 4) is 0 Å². The molecule has 0 fully saturated rings. The maximum atomic E-state index is 12.5. The number of rotatable bonds is 3. The molecule has 1 aromatic rings. The van der Waals surface area contributed by atoms with Crippen LogP contribution in [-0.4, -0.2) is 22.5 Å². The number of aliphatic hydroxyl groups excluding tert-OH is 1. The molecular weight excluding hydrogens is 280 g/mol. The van der Waals surface area contributed by atoms with Gasteiger partial charge in [-0.1, -0.05) is 30.3 Å². The third kappa shape index (κ3) is 2.39. The largest absolute Gasteiger partial charge is 0.510 e. The minimum absolute atomic E-state index is 0.0202. The minimum Gasteiger partial charge on any atom is -0.510 e. The van der Waals surface area contributed by atoms with Crippen LogP contribution in [0.1, 0.15) is 33.3 Å². The molecule has 2 rings (SSSR count). The monoisotopic (exact) mass is 300 g/mol. The van der Waals surface area contributed by atoms with Gasteiger partial charge in [0, 0.05) is 6.42 Å². The van der Waals surface area contributed by atoms with Crippen LogP contribution in [0.4, 0.5) is 0 Å². The summed E-state index contributed by atoms with van der Waals surface area (Å²) in [5.74, 6) is -1.85. The van der Waals surface area contributed by atoms with E-state index in [-0.39, 0.29) is 17.8 Å². The Bertz CT molecular complexity index is 678. The van der Waals surface area contributed by atoms with E-state index in [0.717, 1.165) is 5.56 Å². The number of benzene rings is 1. The van der Waals surface area contributed by atoms with Gasteiger partial charge in [0.15, 0.2) is 17.3 Å². The zero-order valence-electron chi connectivity index (χ0n) is 13.3. The molecule has 4 heteroatoms. The van der Waals surface area contributed by atoms with E-state index in [2.05, 4.69) is 0 Å². The van der Waals surface area contributed by atoms with Gasteiger partial charge in [-0.3, -0.25) is 14.4 Å². The van der Waals surface area contributed by atoms with Gasteiger partial charge in [-0.25, -0.2) is 0 Å². The Morgan fingerprint density at radius 2 is 1.55 bits per heavy atom. The molecule has 1 aliphatic carbocycles. The molecule has 1 aromatic carbocycles. The van der Waals surface area contributed by atoms with Gasteiger partial charge in [0.05, 0.1) is 10.8 Å². The van der Waals surface area contributed by atoms with Crippen molar-refractivity contribution in [2.24, 2.45) is 10.8 Å². The smallest absolute Gasteiger partial charge is 0.182 e. The van der Waals surface area contributed by atoms with Crippen molar-refractivity contribution in [2.45, 2.75) is 34.1 Å². The molecule has 116 valence electrons.